The number of carbonyl (C=O) groups excluding carboxylic acids is 1. The maximum absolute atomic E-state index is 12.3. The SMILES string of the molecule is CN(Cc1ccccc1)C1COC2(C1)CN(C(=O)COCc1ccccc1)C2. The first-order valence-corrected chi connectivity index (χ1v) is 9.91. The molecule has 148 valence electrons. The zero-order chi connectivity index (χ0) is 19.4. The van der Waals surface area contributed by atoms with Crippen LogP contribution in [0.3, 0.4) is 0 Å². The fraction of sp³-hybridized carbons (Fsp3) is 0.435. The first kappa shape index (κ1) is 19.1. The summed E-state index contributed by atoms with van der Waals surface area (Å²) in [7, 11) is 2.15. The van der Waals surface area contributed by atoms with Crippen molar-refractivity contribution in [1.29, 1.82) is 0 Å². The van der Waals surface area contributed by atoms with Crippen molar-refractivity contribution in [1.82, 2.24) is 9.80 Å². The van der Waals surface area contributed by atoms with Crippen LogP contribution in [0.1, 0.15) is 17.5 Å². The van der Waals surface area contributed by atoms with Gasteiger partial charge >= 0.3 is 0 Å². The summed E-state index contributed by atoms with van der Waals surface area (Å²) in [5.74, 6) is 0.0475. The molecule has 5 nitrogen and oxygen atoms in total. The van der Waals surface area contributed by atoms with Gasteiger partial charge in [-0.25, -0.2) is 0 Å². The number of benzene rings is 2. The molecule has 2 saturated heterocycles. The van der Waals surface area contributed by atoms with Crippen LogP contribution in [0.5, 0.6) is 0 Å². The molecule has 1 atom stereocenters. The van der Waals surface area contributed by atoms with Gasteiger partial charge in [-0.3, -0.25) is 9.69 Å². The van der Waals surface area contributed by atoms with E-state index in [0.717, 1.165) is 25.1 Å². The third-order valence-corrected chi connectivity index (χ3v) is 5.74. The normalized spacial score (nSPS) is 20.5. The summed E-state index contributed by atoms with van der Waals surface area (Å²) >= 11 is 0. The fourth-order valence-electron chi connectivity index (χ4n) is 4.07. The maximum Gasteiger partial charge on any atom is 0.248 e. The van der Waals surface area contributed by atoms with Crippen molar-refractivity contribution < 1.29 is 14.3 Å². The van der Waals surface area contributed by atoms with E-state index in [1.165, 1.54) is 5.56 Å². The van der Waals surface area contributed by atoms with Gasteiger partial charge in [0.2, 0.25) is 5.91 Å². The molecule has 1 amide bonds. The Morgan fingerprint density at radius 3 is 2.43 bits per heavy atom. The minimum absolute atomic E-state index is 0.0475. The second-order valence-corrected chi connectivity index (χ2v) is 7.98. The second-order valence-electron chi connectivity index (χ2n) is 7.98. The molecule has 5 heteroatoms. The lowest BCUT2D eigenvalue weighted by Gasteiger charge is -2.47. The first-order chi connectivity index (χ1) is 13.6. The van der Waals surface area contributed by atoms with Crippen LogP contribution in [0.4, 0.5) is 0 Å². The predicted molar refractivity (Wildman–Crippen MR) is 108 cm³/mol. The lowest BCUT2D eigenvalue weighted by atomic mass is 9.89. The van der Waals surface area contributed by atoms with E-state index in [1.807, 2.05) is 41.3 Å². The van der Waals surface area contributed by atoms with Crippen molar-refractivity contribution in [2.75, 3.05) is 33.4 Å². The Labute approximate surface area is 166 Å². The van der Waals surface area contributed by atoms with E-state index in [1.54, 1.807) is 0 Å². The first-order valence-electron chi connectivity index (χ1n) is 9.91. The zero-order valence-corrected chi connectivity index (χ0v) is 16.4. The highest BCUT2D eigenvalue weighted by atomic mass is 16.5. The maximum atomic E-state index is 12.3. The van der Waals surface area contributed by atoms with Crippen LogP contribution in [0.15, 0.2) is 60.7 Å². The summed E-state index contributed by atoms with van der Waals surface area (Å²) in [6.07, 6.45) is 0.977. The molecule has 0 N–H and O–H groups in total. The molecule has 1 unspecified atom stereocenters. The van der Waals surface area contributed by atoms with Crippen molar-refractivity contribution in [2.24, 2.45) is 0 Å². The van der Waals surface area contributed by atoms with E-state index in [0.29, 0.717) is 25.7 Å². The third-order valence-electron chi connectivity index (χ3n) is 5.74. The molecular weight excluding hydrogens is 352 g/mol. The van der Waals surface area contributed by atoms with E-state index in [9.17, 15) is 4.79 Å². The highest BCUT2D eigenvalue weighted by Gasteiger charge is 2.51. The molecule has 2 fully saturated rings. The average molecular weight is 380 g/mol. The Morgan fingerprint density at radius 1 is 1.11 bits per heavy atom. The fourth-order valence-corrected chi connectivity index (χ4v) is 4.07. The van der Waals surface area contributed by atoms with E-state index in [4.69, 9.17) is 9.47 Å². The summed E-state index contributed by atoms with van der Waals surface area (Å²) in [5.41, 5.74) is 2.23. The Morgan fingerprint density at radius 2 is 1.75 bits per heavy atom. The van der Waals surface area contributed by atoms with Gasteiger partial charge in [-0.2, -0.15) is 0 Å². The summed E-state index contributed by atoms with van der Waals surface area (Å²) in [6, 6.07) is 20.8. The van der Waals surface area contributed by atoms with Gasteiger partial charge in [-0.15, -0.1) is 0 Å². The minimum atomic E-state index is -0.162. The van der Waals surface area contributed by atoms with Crippen LogP contribution >= 0.6 is 0 Å². The molecule has 4 rings (SSSR count). The number of hydrogen-bond donors (Lipinski definition) is 0. The van der Waals surface area contributed by atoms with Crippen LogP contribution < -0.4 is 0 Å². The highest BCUT2D eigenvalue weighted by Crippen LogP contribution is 2.37. The summed E-state index contributed by atoms with van der Waals surface area (Å²) in [5, 5.41) is 0. The predicted octanol–water partition coefficient (Wildman–Crippen LogP) is 2.71. The van der Waals surface area contributed by atoms with Gasteiger partial charge in [0.1, 0.15) is 12.2 Å². The number of rotatable bonds is 7. The topological polar surface area (TPSA) is 42.0 Å². The standard InChI is InChI=1S/C23H28N2O3/c1-24(13-19-8-4-2-5-9-19)21-12-23(28-15-21)17-25(18-23)22(26)16-27-14-20-10-6-3-7-11-20/h2-11,21H,12-18H2,1H3. The number of carbonyl (C=O) groups is 1. The van der Waals surface area contributed by atoms with Crippen LogP contribution in [-0.2, 0) is 27.4 Å². The smallest absolute Gasteiger partial charge is 0.248 e. The molecule has 2 aromatic rings. The van der Waals surface area contributed by atoms with Gasteiger partial charge in [-0.1, -0.05) is 60.7 Å². The lowest BCUT2D eigenvalue weighted by molar-refractivity contribution is -0.162. The number of likely N-dealkylation sites (N-methyl/N-ethyl adjacent to an activating group) is 1. The molecular formula is C23H28N2O3. The van der Waals surface area contributed by atoms with E-state index in [-0.39, 0.29) is 18.1 Å². The van der Waals surface area contributed by atoms with Gasteiger partial charge in [0.25, 0.3) is 0 Å². The second kappa shape index (κ2) is 8.43. The number of amides is 1. The van der Waals surface area contributed by atoms with E-state index >= 15 is 0 Å². The molecule has 1 spiro atoms. The molecule has 0 aliphatic carbocycles. The zero-order valence-electron chi connectivity index (χ0n) is 16.4. The van der Waals surface area contributed by atoms with Crippen molar-refractivity contribution >= 4 is 5.91 Å². The van der Waals surface area contributed by atoms with Crippen molar-refractivity contribution in [2.45, 2.75) is 31.2 Å². The van der Waals surface area contributed by atoms with Gasteiger partial charge in [-0.05, 0) is 24.6 Å². The molecule has 2 aliphatic heterocycles. The van der Waals surface area contributed by atoms with Crippen molar-refractivity contribution in [3.8, 4) is 0 Å². The monoisotopic (exact) mass is 380 g/mol. The Hall–Kier alpha value is -2.21. The Bertz CT molecular complexity index is 775. The molecule has 2 aliphatic rings. The van der Waals surface area contributed by atoms with Gasteiger partial charge in [0.05, 0.1) is 26.3 Å². The molecule has 2 aromatic carbocycles. The molecule has 0 radical (unpaired) electrons. The Balaban J connectivity index is 1.19. The highest BCUT2D eigenvalue weighted by molar-refractivity contribution is 5.78. The van der Waals surface area contributed by atoms with E-state index < -0.39 is 0 Å². The number of hydrogen-bond acceptors (Lipinski definition) is 4. The van der Waals surface area contributed by atoms with Gasteiger partial charge < -0.3 is 14.4 Å². The van der Waals surface area contributed by atoms with Crippen molar-refractivity contribution in [3.63, 3.8) is 0 Å². The molecule has 2 heterocycles. The summed E-state index contributed by atoms with van der Waals surface area (Å²) in [6.45, 7) is 3.60. The molecule has 0 bridgehead atoms. The number of ether oxygens (including phenoxy) is 2. The summed E-state index contributed by atoms with van der Waals surface area (Å²) < 4.78 is 11.7. The van der Waals surface area contributed by atoms with Gasteiger partial charge in [0, 0.05) is 12.6 Å². The van der Waals surface area contributed by atoms with Gasteiger partial charge in [0.15, 0.2) is 0 Å². The summed E-state index contributed by atoms with van der Waals surface area (Å²) in [4.78, 5) is 16.6. The molecule has 0 aromatic heterocycles. The number of likely N-dealkylation sites (tertiary alicyclic amines) is 1. The number of nitrogens with zero attached hydrogens (tertiary/aromatic N) is 2. The lowest BCUT2D eigenvalue weighted by Crippen LogP contribution is -2.64. The van der Waals surface area contributed by atoms with Crippen LogP contribution in [0, 0.1) is 0 Å². The van der Waals surface area contributed by atoms with Crippen molar-refractivity contribution in [3.05, 3.63) is 71.8 Å². The molecule has 0 saturated carbocycles. The van der Waals surface area contributed by atoms with E-state index in [2.05, 4.69) is 36.2 Å². The minimum Gasteiger partial charge on any atom is -0.370 e. The average Bonchev–Trinajstić information content (AvgIpc) is 3.14. The molecule has 28 heavy (non-hydrogen) atoms. The van der Waals surface area contributed by atoms with Crippen LogP contribution in [0.25, 0.3) is 0 Å². The third kappa shape index (κ3) is 4.43. The quantitative estimate of drug-likeness (QED) is 0.741. The largest absolute Gasteiger partial charge is 0.370 e. The Kier molecular flexibility index (Phi) is 5.76. The van der Waals surface area contributed by atoms with Crippen LogP contribution in [0.2, 0.25) is 0 Å². The van der Waals surface area contributed by atoms with Crippen LogP contribution in [-0.4, -0.2) is 60.7 Å².